The molecule has 0 saturated heterocycles. The fourth-order valence-electron chi connectivity index (χ4n) is 0.734. The second kappa shape index (κ2) is 4.40. The van der Waals surface area contributed by atoms with Gasteiger partial charge in [0.1, 0.15) is 5.75 Å². The Balaban J connectivity index is 2.80. The van der Waals surface area contributed by atoms with Crippen LogP contribution >= 0.6 is 11.6 Å². The highest BCUT2D eigenvalue weighted by Gasteiger charge is 1.98. The first-order chi connectivity index (χ1) is 6.22. The van der Waals surface area contributed by atoms with Gasteiger partial charge in [-0.3, -0.25) is 0 Å². The normalized spacial score (nSPS) is 8.69. The maximum absolute atomic E-state index is 10.3. The molecule has 1 aromatic rings. The second-order valence-electron chi connectivity index (χ2n) is 2.04. The largest absolute Gasteiger partial charge is 0.415 e. The monoisotopic (exact) mass is 197 g/mol. The zero-order valence-corrected chi connectivity index (χ0v) is 7.12. The van der Waals surface area contributed by atoms with Crippen LogP contribution in [0.15, 0.2) is 29.3 Å². The quantitative estimate of drug-likeness (QED) is 0.416. The molecule has 0 unspecified atom stereocenters. The maximum atomic E-state index is 10.3. The van der Waals surface area contributed by atoms with Crippen molar-refractivity contribution in [2.45, 2.75) is 0 Å². The lowest BCUT2D eigenvalue weighted by Gasteiger charge is -1.97. The molecule has 0 saturated carbocycles. The van der Waals surface area contributed by atoms with Crippen molar-refractivity contribution in [3.05, 3.63) is 24.3 Å². The number of aliphatic imine (C=N–C) groups is 1. The molecule has 0 radical (unpaired) electrons. The van der Waals surface area contributed by atoms with E-state index in [0.29, 0.717) is 11.4 Å². The maximum Gasteiger partial charge on any atom is 0.409 e. The van der Waals surface area contributed by atoms with Gasteiger partial charge in [0.2, 0.25) is 6.08 Å². The molecule has 0 fully saturated rings. The number of hydrogen-bond donors (Lipinski definition) is 0. The lowest BCUT2D eigenvalue weighted by atomic mass is 10.3. The number of carbonyl (C=O) groups excluding carboxylic acids is 2. The molecule has 1 aromatic carbocycles. The van der Waals surface area contributed by atoms with E-state index in [1.165, 1.54) is 30.3 Å². The summed E-state index contributed by atoms with van der Waals surface area (Å²) in [6, 6.07) is 5.94. The standard InChI is InChI=1S/C8H4ClNO3/c9-8(12)13-7-3-1-6(2-4-7)10-5-11/h1-4H. The molecular weight excluding hydrogens is 194 g/mol. The number of carbonyl (C=O) groups is 1. The van der Waals surface area contributed by atoms with E-state index in [1.54, 1.807) is 0 Å². The number of halogens is 1. The summed E-state index contributed by atoms with van der Waals surface area (Å²) < 4.78 is 4.53. The van der Waals surface area contributed by atoms with E-state index < -0.39 is 5.43 Å². The van der Waals surface area contributed by atoms with Crippen molar-refractivity contribution in [1.29, 1.82) is 0 Å². The smallest absolute Gasteiger partial charge is 0.409 e. The van der Waals surface area contributed by atoms with Gasteiger partial charge in [-0.25, -0.2) is 9.59 Å². The van der Waals surface area contributed by atoms with Crippen LogP contribution in [0.2, 0.25) is 0 Å². The third-order valence-corrected chi connectivity index (χ3v) is 1.29. The van der Waals surface area contributed by atoms with Crippen molar-refractivity contribution in [2.75, 3.05) is 0 Å². The van der Waals surface area contributed by atoms with Gasteiger partial charge in [-0.2, -0.15) is 4.99 Å². The predicted octanol–water partition coefficient (Wildman–Crippen LogP) is 2.39. The van der Waals surface area contributed by atoms with Crippen LogP contribution in [0.25, 0.3) is 0 Å². The molecule has 0 spiro atoms. The number of rotatable bonds is 2. The van der Waals surface area contributed by atoms with E-state index >= 15 is 0 Å². The Morgan fingerprint density at radius 1 is 1.38 bits per heavy atom. The SMILES string of the molecule is O=C=Nc1ccc(OC(=O)Cl)cc1. The summed E-state index contributed by atoms with van der Waals surface area (Å²) in [6.07, 6.45) is 1.39. The molecular formula is C8H4ClNO3. The highest BCUT2D eigenvalue weighted by Crippen LogP contribution is 2.17. The van der Waals surface area contributed by atoms with Crippen LogP contribution < -0.4 is 4.74 Å². The van der Waals surface area contributed by atoms with Crippen LogP contribution in [-0.2, 0) is 4.79 Å². The van der Waals surface area contributed by atoms with Crippen molar-refractivity contribution in [1.82, 2.24) is 0 Å². The Morgan fingerprint density at radius 2 is 2.00 bits per heavy atom. The van der Waals surface area contributed by atoms with Gasteiger partial charge in [-0.15, -0.1) is 0 Å². The van der Waals surface area contributed by atoms with Gasteiger partial charge in [0, 0.05) is 11.6 Å². The van der Waals surface area contributed by atoms with Gasteiger partial charge in [0.05, 0.1) is 5.69 Å². The zero-order chi connectivity index (χ0) is 9.68. The van der Waals surface area contributed by atoms with E-state index in [0.717, 1.165) is 0 Å². The number of benzene rings is 1. The highest BCUT2D eigenvalue weighted by molar-refractivity contribution is 6.61. The molecule has 0 aliphatic heterocycles. The van der Waals surface area contributed by atoms with Crippen LogP contribution in [0.4, 0.5) is 10.5 Å². The fourth-order valence-corrected chi connectivity index (χ4v) is 0.823. The minimum Gasteiger partial charge on any atom is -0.415 e. The summed E-state index contributed by atoms with van der Waals surface area (Å²) in [5, 5.41) is 0. The van der Waals surface area contributed by atoms with Crippen LogP contribution in [0.5, 0.6) is 5.75 Å². The number of ether oxygens (including phenoxy) is 1. The molecule has 0 heterocycles. The summed E-state index contributed by atoms with van der Waals surface area (Å²) in [4.78, 5) is 23.5. The van der Waals surface area contributed by atoms with Crippen molar-refractivity contribution in [3.8, 4) is 5.75 Å². The van der Waals surface area contributed by atoms with E-state index in [-0.39, 0.29) is 0 Å². The molecule has 1 rings (SSSR count). The van der Waals surface area contributed by atoms with Crippen LogP contribution in [0.3, 0.4) is 0 Å². The van der Waals surface area contributed by atoms with Gasteiger partial charge in [-0.05, 0) is 24.3 Å². The molecule has 0 N–H and O–H groups in total. The number of nitrogens with zero attached hydrogens (tertiary/aromatic N) is 1. The summed E-state index contributed by atoms with van der Waals surface area (Å²) in [7, 11) is 0. The lowest BCUT2D eigenvalue weighted by Crippen LogP contribution is -1.94. The van der Waals surface area contributed by atoms with Crippen molar-refractivity contribution in [2.24, 2.45) is 4.99 Å². The summed E-state index contributed by atoms with van der Waals surface area (Å²) >= 11 is 4.97. The molecule has 0 atom stereocenters. The summed E-state index contributed by atoms with van der Waals surface area (Å²) in [6.45, 7) is 0. The lowest BCUT2D eigenvalue weighted by molar-refractivity contribution is 0.225. The molecule has 66 valence electrons. The molecule has 0 bridgehead atoms. The summed E-state index contributed by atoms with van der Waals surface area (Å²) in [5.41, 5.74) is -0.476. The zero-order valence-electron chi connectivity index (χ0n) is 6.36. The van der Waals surface area contributed by atoms with Crippen LogP contribution in [-0.4, -0.2) is 11.5 Å². The molecule has 0 aromatic heterocycles. The third kappa shape index (κ3) is 3.07. The van der Waals surface area contributed by atoms with Gasteiger partial charge in [0.25, 0.3) is 0 Å². The minimum atomic E-state index is -0.911. The van der Waals surface area contributed by atoms with Gasteiger partial charge in [0.15, 0.2) is 0 Å². The summed E-state index contributed by atoms with van der Waals surface area (Å²) in [5.74, 6) is 0.296. The molecule has 5 heteroatoms. The Kier molecular flexibility index (Phi) is 3.20. The fraction of sp³-hybridized carbons (Fsp3) is 0. The van der Waals surface area contributed by atoms with Gasteiger partial charge < -0.3 is 4.74 Å². The van der Waals surface area contributed by atoms with E-state index in [2.05, 4.69) is 9.73 Å². The minimum absolute atomic E-state index is 0.296. The Bertz CT molecular complexity index is 354. The van der Waals surface area contributed by atoms with E-state index in [9.17, 15) is 9.59 Å². The highest BCUT2D eigenvalue weighted by atomic mass is 35.5. The molecule has 0 aliphatic carbocycles. The van der Waals surface area contributed by atoms with Crippen LogP contribution in [0.1, 0.15) is 0 Å². The topological polar surface area (TPSA) is 55.7 Å². The van der Waals surface area contributed by atoms with Crippen molar-refractivity contribution < 1.29 is 14.3 Å². The van der Waals surface area contributed by atoms with Gasteiger partial charge >= 0.3 is 5.43 Å². The van der Waals surface area contributed by atoms with Crippen molar-refractivity contribution >= 4 is 28.8 Å². The average molecular weight is 198 g/mol. The second-order valence-corrected chi connectivity index (χ2v) is 2.35. The molecule has 0 aliphatic rings. The Morgan fingerprint density at radius 3 is 2.46 bits per heavy atom. The average Bonchev–Trinajstić information content (AvgIpc) is 2.08. The number of isocyanates is 1. The molecule has 0 amide bonds. The predicted molar refractivity (Wildman–Crippen MR) is 46.1 cm³/mol. The number of hydrogen-bond acceptors (Lipinski definition) is 4. The van der Waals surface area contributed by atoms with Crippen molar-refractivity contribution in [3.63, 3.8) is 0 Å². The van der Waals surface area contributed by atoms with E-state index in [1.807, 2.05) is 0 Å². The first-order valence-corrected chi connectivity index (χ1v) is 3.65. The Hall–Kier alpha value is -1.64. The first kappa shape index (κ1) is 9.45. The van der Waals surface area contributed by atoms with E-state index in [4.69, 9.17) is 11.6 Å². The van der Waals surface area contributed by atoms with Gasteiger partial charge in [-0.1, -0.05) is 0 Å². The van der Waals surface area contributed by atoms with Crippen LogP contribution in [0, 0.1) is 0 Å². The third-order valence-electron chi connectivity index (χ3n) is 1.21. The molecule has 13 heavy (non-hydrogen) atoms. The molecule has 4 nitrogen and oxygen atoms in total. The Labute approximate surface area is 78.8 Å². The first-order valence-electron chi connectivity index (χ1n) is 3.27.